The highest BCUT2D eigenvalue weighted by Gasteiger charge is 2.25. The predicted octanol–water partition coefficient (Wildman–Crippen LogP) is 3.53. The van der Waals surface area contributed by atoms with Crippen molar-refractivity contribution in [1.82, 2.24) is 9.13 Å². The summed E-state index contributed by atoms with van der Waals surface area (Å²) in [6.07, 6.45) is 2.09. The van der Waals surface area contributed by atoms with Crippen molar-refractivity contribution in [2.75, 3.05) is 7.11 Å². The predicted molar refractivity (Wildman–Crippen MR) is 105 cm³/mol. The lowest BCUT2D eigenvalue weighted by Crippen LogP contribution is -2.40. The molecule has 27 heavy (non-hydrogen) atoms. The van der Waals surface area contributed by atoms with Crippen molar-refractivity contribution < 1.29 is 9.13 Å². The molecular weight excluding hydrogens is 415 g/mol. The zero-order chi connectivity index (χ0) is 19.1. The van der Waals surface area contributed by atoms with Crippen LogP contribution in [-0.4, -0.2) is 16.2 Å². The van der Waals surface area contributed by atoms with Crippen molar-refractivity contribution >= 4 is 26.8 Å². The van der Waals surface area contributed by atoms with Gasteiger partial charge in [0.05, 0.1) is 29.0 Å². The Hall–Kier alpha value is -2.41. The molecule has 0 aliphatic heterocycles. The van der Waals surface area contributed by atoms with E-state index in [4.69, 9.17) is 4.74 Å². The fourth-order valence-corrected chi connectivity index (χ4v) is 3.54. The number of rotatable bonds is 5. The Bertz CT molecular complexity index is 1130. The third-order valence-electron chi connectivity index (χ3n) is 4.90. The number of benzene rings is 2. The summed E-state index contributed by atoms with van der Waals surface area (Å²) >= 11 is 3.14. The molecule has 0 saturated heterocycles. The Morgan fingerprint density at radius 1 is 1.15 bits per heavy atom. The van der Waals surface area contributed by atoms with Gasteiger partial charge >= 0.3 is 5.69 Å². The molecule has 0 N–H and O–H groups in total. The van der Waals surface area contributed by atoms with Gasteiger partial charge in [-0.25, -0.2) is 9.18 Å². The number of nitrogens with zero attached hydrogens (tertiary/aromatic N) is 2. The van der Waals surface area contributed by atoms with Gasteiger partial charge in [0.15, 0.2) is 0 Å². The molecule has 1 saturated carbocycles. The Morgan fingerprint density at radius 2 is 1.85 bits per heavy atom. The summed E-state index contributed by atoms with van der Waals surface area (Å²) in [5, 5.41) is 0.331. The third kappa shape index (κ3) is 3.43. The summed E-state index contributed by atoms with van der Waals surface area (Å²) < 4.78 is 22.2. The Kier molecular flexibility index (Phi) is 4.63. The first-order valence-electron chi connectivity index (χ1n) is 8.73. The average molecular weight is 433 g/mol. The molecule has 0 bridgehead atoms. The lowest BCUT2D eigenvalue weighted by molar-refractivity contribution is 0.414. The van der Waals surface area contributed by atoms with Crippen LogP contribution in [0.25, 0.3) is 10.9 Å². The minimum absolute atomic E-state index is 0.150. The standard InChI is InChI=1S/C20H18BrFN2O3/c1-27-14-6-4-13(5-7-14)11-24-19(25)15-8-16(21)17(22)9-18(15)23(20(24)26)10-12-2-3-12/h4-9,12H,2-3,10-11H2,1H3. The molecule has 0 atom stereocenters. The number of halogens is 2. The smallest absolute Gasteiger partial charge is 0.331 e. The van der Waals surface area contributed by atoms with E-state index in [1.165, 1.54) is 21.3 Å². The number of methoxy groups -OCH3 is 1. The van der Waals surface area contributed by atoms with Crippen molar-refractivity contribution in [2.24, 2.45) is 5.92 Å². The highest BCUT2D eigenvalue weighted by atomic mass is 79.9. The van der Waals surface area contributed by atoms with Gasteiger partial charge in [0.25, 0.3) is 5.56 Å². The van der Waals surface area contributed by atoms with Gasteiger partial charge in [0, 0.05) is 6.54 Å². The van der Waals surface area contributed by atoms with Crippen LogP contribution in [0.5, 0.6) is 5.75 Å². The van der Waals surface area contributed by atoms with Gasteiger partial charge in [-0.3, -0.25) is 13.9 Å². The van der Waals surface area contributed by atoms with Gasteiger partial charge < -0.3 is 4.74 Å². The number of ether oxygens (including phenoxy) is 1. The lowest BCUT2D eigenvalue weighted by Gasteiger charge is -2.15. The molecule has 1 fully saturated rings. The summed E-state index contributed by atoms with van der Waals surface area (Å²) in [7, 11) is 1.58. The molecule has 4 rings (SSSR count). The van der Waals surface area contributed by atoms with E-state index in [9.17, 15) is 14.0 Å². The summed E-state index contributed by atoms with van der Waals surface area (Å²) in [5.41, 5.74) is 0.340. The summed E-state index contributed by atoms with van der Waals surface area (Å²) in [6, 6.07) is 9.94. The van der Waals surface area contributed by atoms with Crippen molar-refractivity contribution in [2.45, 2.75) is 25.9 Å². The van der Waals surface area contributed by atoms with Crippen LogP contribution in [0.15, 0.2) is 50.5 Å². The van der Waals surface area contributed by atoms with Crippen molar-refractivity contribution in [3.05, 3.63) is 73.1 Å². The van der Waals surface area contributed by atoms with Gasteiger partial charge in [-0.05, 0) is 64.5 Å². The van der Waals surface area contributed by atoms with E-state index in [0.29, 0.717) is 29.1 Å². The molecule has 5 nitrogen and oxygen atoms in total. The average Bonchev–Trinajstić information content (AvgIpc) is 3.49. The van der Waals surface area contributed by atoms with Gasteiger partial charge in [-0.15, -0.1) is 0 Å². The number of hydrogen-bond donors (Lipinski definition) is 0. The van der Waals surface area contributed by atoms with Gasteiger partial charge in [0.1, 0.15) is 11.6 Å². The third-order valence-corrected chi connectivity index (χ3v) is 5.51. The first kappa shape index (κ1) is 18.0. The Balaban J connectivity index is 1.89. The molecule has 7 heteroatoms. The van der Waals surface area contributed by atoms with E-state index in [1.54, 1.807) is 19.2 Å². The molecule has 140 valence electrons. The van der Waals surface area contributed by atoms with Gasteiger partial charge in [-0.2, -0.15) is 0 Å². The van der Waals surface area contributed by atoms with E-state index in [0.717, 1.165) is 18.4 Å². The fraction of sp³-hybridized carbons (Fsp3) is 0.300. The monoisotopic (exact) mass is 432 g/mol. The van der Waals surface area contributed by atoms with Crippen LogP contribution in [0.4, 0.5) is 4.39 Å². The highest BCUT2D eigenvalue weighted by Crippen LogP contribution is 2.31. The van der Waals surface area contributed by atoms with Crippen LogP contribution in [0, 0.1) is 11.7 Å². The quantitative estimate of drug-likeness (QED) is 0.619. The molecule has 3 aromatic rings. The molecule has 0 radical (unpaired) electrons. The SMILES string of the molecule is COc1ccc(Cn2c(=O)c3cc(Br)c(F)cc3n(CC3CC3)c2=O)cc1. The van der Waals surface area contributed by atoms with E-state index in [-0.39, 0.29) is 11.0 Å². The summed E-state index contributed by atoms with van der Waals surface area (Å²) in [5.74, 6) is 0.624. The topological polar surface area (TPSA) is 53.2 Å². The van der Waals surface area contributed by atoms with Crippen molar-refractivity contribution in [3.8, 4) is 5.75 Å². The Morgan fingerprint density at radius 3 is 2.48 bits per heavy atom. The number of hydrogen-bond acceptors (Lipinski definition) is 3. The maximum atomic E-state index is 14.1. The van der Waals surface area contributed by atoms with Crippen molar-refractivity contribution in [1.29, 1.82) is 0 Å². The van der Waals surface area contributed by atoms with Crippen LogP contribution < -0.4 is 16.0 Å². The molecule has 0 unspecified atom stereocenters. The second kappa shape index (κ2) is 6.96. The molecule has 0 amide bonds. The van der Waals surface area contributed by atoms with Crippen LogP contribution in [0.3, 0.4) is 0 Å². The zero-order valence-electron chi connectivity index (χ0n) is 14.7. The molecule has 2 aromatic carbocycles. The zero-order valence-corrected chi connectivity index (χ0v) is 16.3. The van der Waals surface area contributed by atoms with Crippen LogP contribution in [0.1, 0.15) is 18.4 Å². The highest BCUT2D eigenvalue weighted by molar-refractivity contribution is 9.10. The second-order valence-corrected chi connectivity index (χ2v) is 7.71. The minimum Gasteiger partial charge on any atom is -0.497 e. The minimum atomic E-state index is -0.487. The van der Waals surface area contributed by atoms with Crippen LogP contribution in [-0.2, 0) is 13.1 Å². The van der Waals surface area contributed by atoms with E-state index >= 15 is 0 Å². The van der Waals surface area contributed by atoms with Crippen LogP contribution in [0.2, 0.25) is 0 Å². The van der Waals surface area contributed by atoms with E-state index in [1.807, 2.05) is 12.1 Å². The lowest BCUT2D eigenvalue weighted by atomic mass is 10.2. The van der Waals surface area contributed by atoms with Crippen molar-refractivity contribution in [3.63, 3.8) is 0 Å². The fourth-order valence-electron chi connectivity index (χ4n) is 3.20. The van der Waals surface area contributed by atoms with E-state index < -0.39 is 17.1 Å². The molecule has 1 aromatic heterocycles. The molecule has 1 aliphatic rings. The summed E-state index contributed by atoms with van der Waals surface area (Å²) in [6.45, 7) is 0.649. The molecular formula is C20H18BrFN2O3. The largest absolute Gasteiger partial charge is 0.497 e. The Labute approximate surface area is 163 Å². The second-order valence-electron chi connectivity index (χ2n) is 6.86. The van der Waals surface area contributed by atoms with E-state index in [2.05, 4.69) is 15.9 Å². The van der Waals surface area contributed by atoms with Gasteiger partial charge in [-0.1, -0.05) is 12.1 Å². The maximum Gasteiger partial charge on any atom is 0.331 e. The van der Waals surface area contributed by atoms with Gasteiger partial charge in [0.2, 0.25) is 0 Å². The number of aromatic nitrogens is 2. The van der Waals surface area contributed by atoms with Crippen LogP contribution >= 0.6 is 15.9 Å². The first-order valence-corrected chi connectivity index (χ1v) is 9.52. The maximum absolute atomic E-state index is 14.1. The summed E-state index contributed by atoms with van der Waals surface area (Å²) in [4.78, 5) is 26.0. The number of fused-ring (bicyclic) bond motifs is 1. The molecule has 1 aliphatic carbocycles. The molecule has 0 spiro atoms. The first-order chi connectivity index (χ1) is 13.0. The molecule has 1 heterocycles. The normalized spacial score (nSPS) is 13.9.